The minimum atomic E-state index is 0.872. The van der Waals surface area contributed by atoms with Crippen molar-refractivity contribution in [2.75, 3.05) is 18.0 Å². The van der Waals surface area contributed by atoms with Gasteiger partial charge >= 0.3 is 0 Å². The number of amidine groups is 1. The highest BCUT2D eigenvalue weighted by Crippen LogP contribution is 2.29. The Balaban J connectivity index is 2.05. The molecule has 0 radical (unpaired) electrons. The van der Waals surface area contributed by atoms with Crippen molar-refractivity contribution in [3.05, 3.63) is 64.7 Å². The minimum Gasteiger partial charge on any atom is -0.324 e. The third-order valence-electron chi connectivity index (χ3n) is 3.78. The molecule has 0 aromatic heterocycles. The van der Waals surface area contributed by atoms with E-state index in [0.717, 1.165) is 18.9 Å². The molecule has 2 nitrogen and oxygen atoms in total. The second-order valence-corrected chi connectivity index (χ2v) is 5.47. The summed E-state index contributed by atoms with van der Waals surface area (Å²) in [6, 6.07) is 15.0. The van der Waals surface area contributed by atoms with Crippen molar-refractivity contribution >= 4 is 11.5 Å². The van der Waals surface area contributed by atoms with E-state index in [1.165, 1.54) is 27.9 Å². The molecule has 2 aromatic carbocycles. The van der Waals surface area contributed by atoms with Crippen LogP contribution in [0.1, 0.15) is 22.3 Å². The average Bonchev–Trinajstić information content (AvgIpc) is 2.87. The molecule has 0 saturated heterocycles. The predicted octanol–water partition coefficient (Wildman–Crippen LogP) is 3.88. The third-order valence-corrected chi connectivity index (χ3v) is 3.78. The molecule has 0 saturated carbocycles. The van der Waals surface area contributed by atoms with Crippen LogP contribution < -0.4 is 4.90 Å². The highest BCUT2D eigenvalue weighted by Gasteiger charge is 2.22. The van der Waals surface area contributed by atoms with E-state index in [1.54, 1.807) is 0 Å². The fourth-order valence-electron chi connectivity index (χ4n) is 3.10. The fourth-order valence-corrected chi connectivity index (χ4v) is 3.10. The van der Waals surface area contributed by atoms with Gasteiger partial charge in [-0.1, -0.05) is 48.0 Å². The molecule has 1 aliphatic heterocycles. The highest BCUT2D eigenvalue weighted by atomic mass is 15.2. The van der Waals surface area contributed by atoms with Crippen molar-refractivity contribution in [2.45, 2.75) is 20.8 Å². The topological polar surface area (TPSA) is 15.6 Å². The van der Waals surface area contributed by atoms with Crippen LogP contribution in [-0.2, 0) is 0 Å². The van der Waals surface area contributed by atoms with E-state index < -0.39 is 0 Å². The van der Waals surface area contributed by atoms with Crippen LogP contribution >= 0.6 is 0 Å². The smallest absolute Gasteiger partial charge is 0.135 e. The van der Waals surface area contributed by atoms with Crippen LogP contribution in [0.5, 0.6) is 0 Å². The largest absolute Gasteiger partial charge is 0.324 e. The maximum atomic E-state index is 4.71. The van der Waals surface area contributed by atoms with E-state index >= 15 is 0 Å². The average molecular weight is 264 g/mol. The fraction of sp³-hybridized carbons (Fsp3) is 0.278. The molecule has 0 atom stereocenters. The van der Waals surface area contributed by atoms with Crippen molar-refractivity contribution in [1.29, 1.82) is 0 Å². The summed E-state index contributed by atoms with van der Waals surface area (Å²) in [6.45, 7) is 8.37. The summed E-state index contributed by atoms with van der Waals surface area (Å²) < 4.78 is 0. The van der Waals surface area contributed by atoms with Crippen LogP contribution in [0.2, 0.25) is 0 Å². The van der Waals surface area contributed by atoms with Gasteiger partial charge < -0.3 is 4.90 Å². The summed E-state index contributed by atoms with van der Waals surface area (Å²) in [7, 11) is 0. The Morgan fingerprint density at radius 1 is 0.950 bits per heavy atom. The lowest BCUT2D eigenvalue weighted by Crippen LogP contribution is -2.29. The Kier molecular flexibility index (Phi) is 3.31. The summed E-state index contributed by atoms with van der Waals surface area (Å²) >= 11 is 0. The lowest BCUT2D eigenvalue weighted by Gasteiger charge is -2.25. The molecule has 3 rings (SSSR count). The molecular weight excluding hydrogens is 244 g/mol. The number of aliphatic imine (C=N–C) groups is 1. The van der Waals surface area contributed by atoms with Gasteiger partial charge in [-0.15, -0.1) is 0 Å². The lowest BCUT2D eigenvalue weighted by molar-refractivity contribution is 1.01. The molecule has 0 amide bonds. The first-order chi connectivity index (χ1) is 9.66. The molecule has 102 valence electrons. The number of aryl methyl sites for hydroxylation is 3. The van der Waals surface area contributed by atoms with Crippen molar-refractivity contribution in [2.24, 2.45) is 4.99 Å². The van der Waals surface area contributed by atoms with Crippen molar-refractivity contribution < 1.29 is 0 Å². The SMILES string of the molecule is Cc1cc(C)c(N2CCN=C2c2ccccc2)c(C)c1. The minimum absolute atomic E-state index is 0.872. The molecule has 0 unspecified atom stereocenters. The van der Waals surface area contributed by atoms with Gasteiger partial charge in [0.25, 0.3) is 0 Å². The van der Waals surface area contributed by atoms with E-state index in [1.807, 2.05) is 6.07 Å². The van der Waals surface area contributed by atoms with Gasteiger partial charge in [0.15, 0.2) is 0 Å². The highest BCUT2D eigenvalue weighted by molar-refractivity contribution is 6.11. The Hall–Kier alpha value is -2.09. The number of nitrogens with zero attached hydrogens (tertiary/aromatic N) is 2. The third kappa shape index (κ3) is 2.22. The van der Waals surface area contributed by atoms with Crippen molar-refractivity contribution in [3.8, 4) is 0 Å². The molecular formula is C18H20N2. The van der Waals surface area contributed by atoms with Gasteiger partial charge in [-0.05, 0) is 31.9 Å². The van der Waals surface area contributed by atoms with Crippen LogP contribution in [0.15, 0.2) is 47.5 Å². The van der Waals surface area contributed by atoms with E-state index in [4.69, 9.17) is 4.99 Å². The quantitative estimate of drug-likeness (QED) is 0.803. The molecule has 0 fully saturated rings. The second-order valence-electron chi connectivity index (χ2n) is 5.47. The molecule has 1 heterocycles. The monoisotopic (exact) mass is 264 g/mol. The van der Waals surface area contributed by atoms with Crippen LogP contribution in [0.3, 0.4) is 0 Å². The first kappa shape index (κ1) is 12.9. The zero-order valence-electron chi connectivity index (χ0n) is 12.4. The molecule has 2 heteroatoms. The normalized spacial score (nSPS) is 14.6. The van der Waals surface area contributed by atoms with Gasteiger partial charge in [-0.25, -0.2) is 0 Å². The van der Waals surface area contributed by atoms with Crippen LogP contribution in [0.4, 0.5) is 5.69 Å². The maximum absolute atomic E-state index is 4.71. The van der Waals surface area contributed by atoms with E-state index in [2.05, 4.69) is 62.1 Å². The van der Waals surface area contributed by atoms with Gasteiger partial charge in [0.05, 0.1) is 6.54 Å². The van der Waals surface area contributed by atoms with Gasteiger partial charge in [0.1, 0.15) is 5.84 Å². The zero-order chi connectivity index (χ0) is 14.1. The summed E-state index contributed by atoms with van der Waals surface area (Å²) in [5.74, 6) is 1.10. The zero-order valence-corrected chi connectivity index (χ0v) is 12.4. The molecule has 0 spiro atoms. The predicted molar refractivity (Wildman–Crippen MR) is 85.8 cm³/mol. The summed E-state index contributed by atoms with van der Waals surface area (Å²) in [5.41, 5.74) is 6.49. The van der Waals surface area contributed by atoms with Crippen molar-refractivity contribution in [3.63, 3.8) is 0 Å². The second kappa shape index (κ2) is 5.12. The van der Waals surface area contributed by atoms with Gasteiger partial charge in [0, 0.05) is 17.8 Å². The molecule has 0 aliphatic carbocycles. The Morgan fingerprint density at radius 2 is 1.60 bits per heavy atom. The molecule has 1 aliphatic rings. The van der Waals surface area contributed by atoms with Crippen LogP contribution in [0.25, 0.3) is 0 Å². The first-order valence-electron chi connectivity index (χ1n) is 7.12. The standard InChI is InChI=1S/C18H20N2/c1-13-11-14(2)17(15(3)12-13)20-10-9-19-18(20)16-7-5-4-6-8-16/h4-8,11-12H,9-10H2,1-3H3. The van der Waals surface area contributed by atoms with Crippen LogP contribution in [-0.4, -0.2) is 18.9 Å². The summed E-state index contributed by atoms with van der Waals surface area (Å²) in [6.07, 6.45) is 0. The molecule has 20 heavy (non-hydrogen) atoms. The number of rotatable bonds is 2. The lowest BCUT2D eigenvalue weighted by atomic mass is 10.0. The number of anilines is 1. The van der Waals surface area contributed by atoms with Crippen molar-refractivity contribution in [1.82, 2.24) is 0 Å². The van der Waals surface area contributed by atoms with Gasteiger partial charge in [-0.2, -0.15) is 0 Å². The molecule has 0 bridgehead atoms. The number of benzene rings is 2. The Bertz CT molecular complexity index is 633. The number of hydrogen-bond acceptors (Lipinski definition) is 2. The first-order valence-corrected chi connectivity index (χ1v) is 7.12. The maximum Gasteiger partial charge on any atom is 0.135 e. The molecule has 2 aromatic rings. The van der Waals surface area contributed by atoms with E-state index in [0.29, 0.717) is 0 Å². The summed E-state index contributed by atoms with van der Waals surface area (Å²) in [4.78, 5) is 7.07. The van der Waals surface area contributed by atoms with E-state index in [9.17, 15) is 0 Å². The molecule has 0 N–H and O–H groups in total. The van der Waals surface area contributed by atoms with Gasteiger partial charge in [0.2, 0.25) is 0 Å². The summed E-state index contributed by atoms with van der Waals surface area (Å²) in [5, 5.41) is 0. The van der Waals surface area contributed by atoms with Gasteiger partial charge in [-0.3, -0.25) is 4.99 Å². The number of hydrogen-bond donors (Lipinski definition) is 0. The Labute approximate surface area is 120 Å². The Morgan fingerprint density at radius 3 is 2.25 bits per heavy atom. The van der Waals surface area contributed by atoms with Crippen LogP contribution in [0, 0.1) is 20.8 Å². The van der Waals surface area contributed by atoms with E-state index in [-0.39, 0.29) is 0 Å².